The number of benzene rings is 1. The van der Waals surface area contributed by atoms with E-state index in [0.717, 1.165) is 30.6 Å². The molecule has 0 spiro atoms. The Morgan fingerprint density at radius 2 is 2.24 bits per heavy atom. The fraction of sp³-hybridized carbons (Fsp3) is 0.389. The Bertz CT molecular complexity index is 750. The van der Waals surface area contributed by atoms with E-state index in [1.807, 2.05) is 18.2 Å². The monoisotopic (exact) mass is 342 g/mol. The first-order valence-electron chi connectivity index (χ1n) is 8.39. The van der Waals surface area contributed by atoms with Gasteiger partial charge in [-0.2, -0.15) is 5.10 Å². The molecule has 1 atom stereocenters. The van der Waals surface area contributed by atoms with Gasteiger partial charge in [-0.25, -0.2) is 0 Å². The van der Waals surface area contributed by atoms with E-state index in [4.69, 9.17) is 4.74 Å². The summed E-state index contributed by atoms with van der Waals surface area (Å²) in [6.45, 7) is 1.47. The topological polar surface area (TPSA) is 85.2 Å². The molecule has 7 nitrogen and oxygen atoms in total. The highest BCUT2D eigenvalue weighted by atomic mass is 16.5. The van der Waals surface area contributed by atoms with Crippen LogP contribution < -0.4 is 10.6 Å². The Labute approximate surface area is 146 Å². The number of aromatic nitrogens is 2. The predicted molar refractivity (Wildman–Crippen MR) is 93.0 cm³/mol. The summed E-state index contributed by atoms with van der Waals surface area (Å²) in [4.78, 5) is 23.8. The number of carbonyl (C=O) groups excluding carboxylic acids is 2. The normalized spacial score (nSPS) is 16.6. The van der Waals surface area contributed by atoms with Crippen LogP contribution in [0, 0.1) is 0 Å². The number of hydrogen-bond acceptors (Lipinski definition) is 4. The molecule has 1 aromatic carbocycles. The molecule has 2 aromatic rings. The molecule has 1 aromatic heterocycles. The van der Waals surface area contributed by atoms with Crippen molar-refractivity contribution in [2.75, 3.05) is 20.2 Å². The Balaban J connectivity index is 1.66. The van der Waals surface area contributed by atoms with Crippen molar-refractivity contribution in [3.05, 3.63) is 42.2 Å². The molecule has 2 amide bonds. The maximum atomic E-state index is 12.3. The van der Waals surface area contributed by atoms with Gasteiger partial charge in [0.05, 0.1) is 12.3 Å². The van der Waals surface area contributed by atoms with Gasteiger partial charge in [-0.15, -0.1) is 0 Å². The summed E-state index contributed by atoms with van der Waals surface area (Å²) in [7, 11) is 1.59. The van der Waals surface area contributed by atoms with E-state index in [9.17, 15) is 9.59 Å². The second-order valence-electron chi connectivity index (χ2n) is 6.03. The molecule has 3 rings (SSSR count). The number of hydrogen-bond donors (Lipinski definition) is 2. The minimum atomic E-state index is -0.116. The summed E-state index contributed by atoms with van der Waals surface area (Å²) >= 11 is 0. The molecule has 0 aliphatic carbocycles. The summed E-state index contributed by atoms with van der Waals surface area (Å²) in [6.07, 6.45) is 5.64. The molecule has 1 aliphatic heterocycles. The third-order valence-electron chi connectivity index (χ3n) is 4.19. The molecule has 0 unspecified atom stereocenters. The van der Waals surface area contributed by atoms with Crippen molar-refractivity contribution in [1.82, 2.24) is 20.4 Å². The highest BCUT2D eigenvalue weighted by Gasteiger charge is 2.17. The van der Waals surface area contributed by atoms with Gasteiger partial charge in [0.2, 0.25) is 5.91 Å². The first-order valence-corrected chi connectivity index (χ1v) is 8.39. The lowest BCUT2D eigenvalue weighted by atomic mass is 10.1. The Kier molecular flexibility index (Phi) is 5.45. The zero-order chi connectivity index (χ0) is 17.6. The van der Waals surface area contributed by atoms with Crippen LogP contribution in [-0.2, 0) is 16.1 Å². The van der Waals surface area contributed by atoms with Crippen LogP contribution in [-0.4, -0.2) is 47.9 Å². The molecular formula is C18H22N4O3. The third kappa shape index (κ3) is 4.45. The van der Waals surface area contributed by atoms with Crippen molar-refractivity contribution >= 4 is 11.8 Å². The van der Waals surface area contributed by atoms with Crippen molar-refractivity contribution in [2.24, 2.45) is 0 Å². The van der Waals surface area contributed by atoms with Crippen LogP contribution in [0.5, 0.6) is 0 Å². The van der Waals surface area contributed by atoms with Crippen LogP contribution >= 0.6 is 0 Å². The Morgan fingerprint density at radius 3 is 3.00 bits per heavy atom. The van der Waals surface area contributed by atoms with Crippen molar-refractivity contribution < 1.29 is 14.3 Å². The summed E-state index contributed by atoms with van der Waals surface area (Å²) in [5, 5.41) is 9.66. The highest BCUT2D eigenvalue weighted by Crippen LogP contribution is 2.20. The lowest BCUT2D eigenvalue weighted by molar-refractivity contribution is -0.121. The smallest absolute Gasteiger partial charge is 0.251 e. The summed E-state index contributed by atoms with van der Waals surface area (Å²) in [6, 6.07) is 7.36. The fourth-order valence-electron chi connectivity index (χ4n) is 2.78. The maximum absolute atomic E-state index is 12.3. The molecule has 2 N–H and O–H groups in total. The van der Waals surface area contributed by atoms with E-state index < -0.39 is 0 Å². The van der Waals surface area contributed by atoms with Crippen molar-refractivity contribution in [3.8, 4) is 11.1 Å². The minimum Gasteiger partial charge on any atom is -0.376 e. The lowest BCUT2D eigenvalue weighted by Gasteiger charge is -2.11. The van der Waals surface area contributed by atoms with Crippen LogP contribution in [0.25, 0.3) is 11.1 Å². The molecule has 132 valence electrons. The zero-order valence-corrected chi connectivity index (χ0v) is 14.2. The van der Waals surface area contributed by atoms with Gasteiger partial charge >= 0.3 is 0 Å². The number of rotatable bonds is 6. The lowest BCUT2D eigenvalue weighted by Crippen LogP contribution is -2.31. The second-order valence-corrected chi connectivity index (χ2v) is 6.03. The summed E-state index contributed by atoms with van der Waals surface area (Å²) in [5.41, 5.74) is 2.33. The fourth-order valence-corrected chi connectivity index (χ4v) is 2.78. The number of nitrogens with one attached hydrogen (secondary N) is 2. The molecule has 2 heterocycles. The van der Waals surface area contributed by atoms with E-state index in [2.05, 4.69) is 15.7 Å². The minimum absolute atomic E-state index is 0.114. The quantitative estimate of drug-likeness (QED) is 0.826. The van der Waals surface area contributed by atoms with E-state index in [1.165, 1.54) is 0 Å². The third-order valence-corrected chi connectivity index (χ3v) is 4.19. The first-order chi connectivity index (χ1) is 12.2. The van der Waals surface area contributed by atoms with Crippen LogP contribution in [0.3, 0.4) is 0 Å². The molecule has 7 heteroatoms. The summed E-state index contributed by atoms with van der Waals surface area (Å²) in [5.74, 6) is -0.230. The maximum Gasteiger partial charge on any atom is 0.251 e. The summed E-state index contributed by atoms with van der Waals surface area (Å²) < 4.78 is 7.09. The molecule has 0 bridgehead atoms. The largest absolute Gasteiger partial charge is 0.376 e. The van der Waals surface area contributed by atoms with Crippen LogP contribution in [0.2, 0.25) is 0 Å². The standard InChI is InChI=1S/C18H22N4O3/c1-19-17(23)12-22-11-15(9-21-22)13-4-2-5-14(8-13)18(24)20-10-16-6-3-7-25-16/h2,4-5,8-9,11,16H,3,6-7,10,12H2,1H3,(H,19,23)(H,20,24)/t16-/m0/s1. The molecular weight excluding hydrogens is 320 g/mol. The SMILES string of the molecule is CNC(=O)Cn1cc(-c2cccc(C(=O)NC[C@@H]3CCCO3)c2)cn1. The van der Waals surface area contributed by atoms with E-state index >= 15 is 0 Å². The number of amides is 2. The van der Waals surface area contributed by atoms with Gasteiger partial charge in [0.1, 0.15) is 6.54 Å². The van der Waals surface area contributed by atoms with Crippen LogP contribution in [0.15, 0.2) is 36.7 Å². The average molecular weight is 342 g/mol. The van der Waals surface area contributed by atoms with E-state index in [1.54, 1.807) is 30.2 Å². The van der Waals surface area contributed by atoms with Crippen LogP contribution in [0.4, 0.5) is 0 Å². The van der Waals surface area contributed by atoms with Gasteiger partial charge < -0.3 is 15.4 Å². The number of likely N-dealkylation sites (N-methyl/N-ethyl adjacent to an activating group) is 1. The molecule has 0 saturated carbocycles. The first kappa shape index (κ1) is 17.2. The number of ether oxygens (including phenoxy) is 1. The Morgan fingerprint density at radius 1 is 1.36 bits per heavy atom. The van der Waals surface area contributed by atoms with Crippen molar-refractivity contribution in [3.63, 3.8) is 0 Å². The van der Waals surface area contributed by atoms with Gasteiger partial charge in [-0.3, -0.25) is 14.3 Å². The van der Waals surface area contributed by atoms with Gasteiger partial charge in [0.15, 0.2) is 0 Å². The zero-order valence-electron chi connectivity index (χ0n) is 14.2. The number of carbonyl (C=O) groups is 2. The Hall–Kier alpha value is -2.67. The molecule has 1 aliphatic rings. The molecule has 1 saturated heterocycles. The highest BCUT2D eigenvalue weighted by molar-refractivity contribution is 5.95. The van der Waals surface area contributed by atoms with Gasteiger partial charge in [-0.1, -0.05) is 12.1 Å². The molecule has 0 radical (unpaired) electrons. The van der Waals surface area contributed by atoms with Gasteiger partial charge in [0, 0.05) is 37.5 Å². The molecule has 1 fully saturated rings. The second kappa shape index (κ2) is 7.94. The van der Waals surface area contributed by atoms with Crippen molar-refractivity contribution in [1.29, 1.82) is 0 Å². The van der Waals surface area contributed by atoms with E-state index in [-0.39, 0.29) is 24.5 Å². The molecule has 25 heavy (non-hydrogen) atoms. The van der Waals surface area contributed by atoms with Gasteiger partial charge in [0.25, 0.3) is 5.91 Å². The van der Waals surface area contributed by atoms with Gasteiger partial charge in [-0.05, 0) is 30.5 Å². The van der Waals surface area contributed by atoms with E-state index in [0.29, 0.717) is 12.1 Å². The average Bonchev–Trinajstić information content (AvgIpc) is 3.31. The predicted octanol–water partition coefficient (Wildman–Crippen LogP) is 1.20. The van der Waals surface area contributed by atoms with Crippen LogP contribution in [0.1, 0.15) is 23.2 Å². The number of nitrogens with zero attached hydrogens (tertiary/aromatic N) is 2. The van der Waals surface area contributed by atoms with Crippen molar-refractivity contribution in [2.45, 2.75) is 25.5 Å².